The molecule has 3 aromatic rings. The van der Waals surface area contributed by atoms with Crippen LogP contribution in [-0.4, -0.2) is 17.9 Å². The van der Waals surface area contributed by atoms with Crippen LogP contribution in [0.2, 0.25) is 0 Å². The molecule has 1 unspecified atom stereocenters. The van der Waals surface area contributed by atoms with Gasteiger partial charge < -0.3 is 5.73 Å². The number of hydrogen-bond acceptors (Lipinski definition) is 2. The van der Waals surface area contributed by atoms with Crippen LogP contribution in [0.5, 0.6) is 0 Å². The number of para-hydroxylation sites is 1. The Bertz CT molecular complexity index is 959. The average Bonchev–Trinajstić information content (AvgIpc) is 3.00. The number of nitrogens with two attached hydrogens (primary N) is 1. The zero-order valence-corrected chi connectivity index (χ0v) is 13.0. The van der Waals surface area contributed by atoms with E-state index in [4.69, 9.17) is 5.73 Å². The van der Waals surface area contributed by atoms with Gasteiger partial charge in [-0.2, -0.15) is 0 Å². The molecule has 118 valence electrons. The van der Waals surface area contributed by atoms with Gasteiger partial charge in [0, 0.05) is 17.7 Å². The van der Waals surface area contributed by atoms with Gasteiger partial charge in [0.05, 0.1) is 0 Å². The van der Waals surface area contributed by atoms with E-state index >= 15 is 0 Å². The molecule has 1 heterocycles. The lowest BCUT2D eigenvalue weighted by Gasteiger charge is -2.24. The molecule has 1 aliphatic heterocycles. The minimum atomic E-state index is -0.645. The summed E-state index contributed by atoms with van der Waals surface area (Å²) >= 11 is 0. The van der Waals surface area contributed by atoms with Crippen molar-refractivity contribution in [2.75, 3.05) is 4.90 Å². The number of anilines is 1. The first-order valence-electron chi connectivity index (χ1n) is 7.85. The molecule has 4 heteroatoms. The second-order valence-electron chi connectivity index (χ2n) is 5.95. The quantitative estimate of drug-likeness (QED) is 0.790. The van der Waals surface area contributed by atoms with Crippen molar-refractivity contribution in [1.82, 2.24) is 0 Å². The van der Waals surface area contributed by atoms with Crippen LogP contribution in [-0.2, 0) is 11.2 Å². The summed E-state index contributed by atoms with van der Waals surface area (Å²) in [5, 5.41) is 1.86. The van der Waals surface area contributed by atoms with Crippen LogP contribution in [0.1, 0.15) is 15.9 Å². The predicted octanol–water partition coefficient (Wildman–Crippen LogP) is 2.90. The smallest absolute Gasteiger partial charge is 0.259 e. The Kier molecular flexibility index (Phi) is 3.31. The lowest BCUT2D eigenvalue weighted by molar-refractivity contribution is -0.119. The lowest BCUT2D eigenvalue weighted by Crippen LogP contribution is -2.46. The molecule has 2 amide bonds. The van der Waals surface area contributed by atoms with Crippen molar-refractivity contribution in [3.05, 3.63) is 77.9 Å². The van der Waals surface area contributed by atoms with Crippen molar-refractivity contribution in [1.29, 1.82) is 0 Å². The van der Waals surface area contributed by atoms with Crippen molar-refractivity contribution in [2.24, 2.45) is 5.73 Å². The van der Waals surface area contributed by atoms with Crippen LogP contribution < -0.4 is 10.6 Å². The van der Waals surface area contributed by atoms with E-state index in [0.717, 1.165) is 22.0 Å². The van der Waals surface area contributed by atoms with Crippen molar-refractivity contribution in [3.63, 3.8) is 0 Å². The van der Waals surface area contributed by atoms with E-state index in [1.807, 2.05) is 60.7 Å². The first-order chi connectivity index (χ1) is 11.7. The normalized spacial score (nSPS) is 16.2. The number of fused-ring (bicyclic) bond motifs is 2. The van der Waals surface area contributed by atoms with E-state index in [1.165, 1.54) is 0 Å². The molecule has 0 radical (unpaired) electrons. The van der Waals surface area contributed by atoms with Crippen LogP contribution >= 0.6 is 0 Å². The highest BCUT2D eigenvalue weighted by Crippen LogP contribution is 2.34. The minimum absolute atomic E-state index is 0.194. The van der Waals surface area contributed by atoms with Crippen LogP contribution in [0.4, 0.5) is 5.69 Å². The van der Waals surface area contributed by atoms with Gasteiger partial charge in [0.2, 0.25) is 5.91 Å². The second-order valence-corrected chi connectivity index (χ2v) is 5.95. The molecule has 0 aromatic heterocycles. The van der Waals surface area contributed by atoms with Crippen LogP contribution in [0.25, 0.3) is 10.8 Å². The Balaban J connectivity index is 1.87. The summed E-state index contributed by atoms with van der Waals surface area (Å²) in [7, 11) is 0. The van der Waals surface area contributed by atoms with E-state index in [2.05, 4.69) is 0 Å². The molecular formula is C20H16N2O2. The third-order valence-electron chi connectivity index (χ3n) is 4.54. The standard InChI is InChI=1S/C20H16N2O2/c21-19(23)18-12-14-7-2-4-11-17(14)22(18)20(24)16-10-5-8-13-6-1-3-9-15(13)16/h1-11,18H,12H2,(H2,21,23). The van der Waals surface area contributed by atoms with Gasteiger partial charge in [-0.3, -0.25) is 14.5 Å². The van der Waals surface area contributed by atoms with Crippen molar-refractivity contribution >= 4 is 28.3 Å². The van der Waals surface area contributed by atoms with Crippen LogP contribution in [0.15, 0.2) is 66.7 Å². The Morgan fingerprint density at radius 2 is 1.62 bits per heavy atom. The monoisotopic (exact) mass is 316 g/mol. The summed E-state index contributed by atoms with van der Waals surface area (Å²) in [6.07, 6.45) is 0.460. The first kappa shape index (κ1) is 14.5. The summed E-state index contributed by atoms with van der Waals surface area (Å²) in [6.45, 7) is 0. The van der Waals surface area contributed by atoms with Crippen molar-refractivity contribution in [3.8, 4) is 0 Å². The summed E-state index contributed by atoms with van der Waals surface area (Å²) in [5.41, 5.74) is 7.87. The molecule has 1 aliphatic rings. The van der Waals surface area contributed by atoms with Gasteiger partial charge in [-0.15, -0.1) is 0 Å². The molecular weight excluding hydrogens is 300 g/mol. The molecule has 3 aromatic carbocycles. The molecule has 0 saturated carbocycles. The molecule has 0 saturated heterocycles. The number of primary amides is 1. The highest BCUT2D eigenvalue weighted by Gasteiger charge is 2.37. The highest BCUT2D eigenvalue weighted by molar-refractivity contribution is 6.17. The first-order valence-corrected chi connectivity index (χ1v) is 7.85. The molecule has 4 nitrogen and oxygen atoms in total. The maximum absolute atomic E-state index is 13.3. The maximum atomic E-state index is 13.3. The number of rotatable bonds is 2. The van der Waals surface area contributed by atoms with Crippen molar-refractivity contribution < 1.29 is 9.59 Å². The predicted molar refractivity (Wildman–Crippen MR) is 93.9 cm³/mol. The van der Waals surface area contributed by atoms with Gasteiger partial charge in [-0.25, -0.2) is 0 Å². The van der Waals surface area contributed by atoms with Crippen LogP contribution in [0.3, 0.4) is 0 Å². The molecule has 0 bridgehead atoms. The third kappa shape index (κ3) is 2.15. The Morgan fingerprint density at radius 3 is 2.46 bits per heavy atom. The summed E-state index contributed by atoms with van der Waals surface area (Å²) in [4.78, 5) is 26.7. The van der Waals surface area contributed by atoms with E-state index in [-0.39, 0.29) is 5.91 Å². The Morgan fingerprint density at radius 1 is 0.917 bits per heavy atom. The van der Waals surface area contributed by atoms with Gasteiger partial charge in [0.15, 0.2) is 0 Å². The number of carbonyl (C=O) groups excluding carboxylic acids is 2. The summed E-state index contributed by atoms with van der Waals surface area (Å²) < 4.78 is 0. The molecule has 2 N–H and O–H groups in total. The van der Waals surface area contributed by atoms with Gasteiger partial charge >= 0.3 is 0 Å². The summed E-state index contributed by atoms with van der Waals surface area (Å²) in [5.74, 6) is -0.680. The van der Waals surface area contributed by atoms with Crippen molar-refractivity contribution in [2.45, 2.75) is 12.5 Å². The molecule has 0 spiro atoms. The van der Waals surface area contributed by atoms with Gasteiger partial charge in [0.25, 0.3) is 5.91 Å². The highest BCUT2D eigenvalue weighted by atomic mass is 16.2. The number of nitrogens with zero attached hydrogens (tertiary/aromatic N) is 1. The third-order valence-corrected chi connectivity index (χ3v) is 4.54. The molecule has 0 aliphatic carbocycles. The second kappa shape index (κ2) is 5.49. The Labute approximate surface area is 139 Å². The fraction of sp³-hybridized carbons (Fsp3) is 0.100. The molecule has 1 atom stereocenters. The average molecular weight is 316 g/mol. The van der Waals surface area contributed by atoms with E-state index in [0.29, 0.717) is 12.0 Å². The lowest BCUT2D eigenvalue weighted by atomic mass is 10.0. The van der Waals surface area contributed by atoms with Gasteiger partial charge in [-0.05, 0) is 28.5 Å². The summed E-state index contributed by atoms with van der Waals surface area (Å²) in [6, 6.07) is 20.3. The zero-order valence-electron chi connectivity index (χ0n) is 13.0. The Hall–Kier alpha value is -3.14. The van der Waals surface area contributed by atoms with Gasteiger partial charge in [0.1, 0.15) is 6.04 Å². The number of amides is 2. The largest absolute Gasteiger partial charge is 0.368 e. The maximum Gasteiger partial charge on any atom is 0.259 e. The molecule has 0 fully saturated rings. The molecule has 24 heavy (non-hydrogen) atoms. The van der Waals surface area contributed by atoms with E-state index < -0.39 is 11.9 Å². The molecule has 4 rings (SSSR count). The number of carbonyl (C=O) groups is 2. The number of hydrogen-bond donors (Lipinski definition) is 1. The minimum Gasteiger partial charge on any atom is -0.368 e. The van der Waals surface area contributed by atoms with E-state index in [1.54, 1.807) is 11.0 Å². The fourth-order valence-electron chi connectivity index (χ4n) is 3.41. The van der Waals surface area contributed by atoms with E-state index in [9.17, 15) is 9.59 Å². The zero-order chi connectivity index (χ0) is 16.7. The van der Waals surface area contributed by atoms with Crippen LogP contribution in [0, 0.1) is 0 Å². The SMILES string of the molecule is NC(=O)C1Cc2ccccc2N1C(=O)c1cccc2ccccc12. The topological polar surface area (TPSA) is 63.4 Å². The number of benzene rings is 3. The fourth-order valence-corrected chi connectivity index (χ4v) is 3.41. The van der Waals surface area contributed by atoms with Gasteiger partial charge in [-0.1, -0.05) is 54.6 Å².